The highest BCUT2D eigenvalue weighted by Crippen LogP contribution is 2.22. The highest BCUT2D eigenvalue weighted by Gasteiger charge is 2.15. The molecule has 0 bridgehead atoms. The summed E-state index contributed by atoms with van der Waals surface area (Å²) in [6.45, 7) is 2.29. The van der Waals surface area contributed by atoms with Gasteiger partial charge in [0.15, 0.2) is 0 Å². The third-order valence-corrected chi connectivity index (χ3v) is 2.48. The van der Waals surface area contributed by atoms with Gasteiger partial charge in [-0.3, -0.25) is 0 Å². The van der Waals surface area contributed by atoms with Gasteiger partial charge in [0.2, 0.25) is 0 Å². The maximum Gasteiger partial charge on any atom is 0.109 e. The van der Waals surface area contributed by atoms with E-state index in [1.165, 1.54) is 25.1 Å². The zero-order valence-electron chi connectivity index (χ0n) is 7.21. The zero-order chi connectivity index (χ0) is 8.23. The van der Waals surface area contributed by atoms with Crippen molar-refractivity contribution in [2.45, 2.75) is 25.2 Å². The fourth-order valence-electron chi connectivity index (χ4n) is 1.79. The number of H-pyrrole nitrogens is 1. The maximum absolute atomic E-state index is 4.30. The molecule has 3 heteroatoms. The van der Waals surface area contributed by atoms with E-state index in [0.717, 1.165) is 13.1 Å². The van der Waals surface area contributed by atoms with E-state index >= 15 is 0 Å². The quantitative estimate of drug-likeness (QED) is 0.658. The first kappa shape index (κ1) is 7.80. The van der Waals surface area contributed by atoms with Gasteiger partial charge in [-0.2, -0.15) is 0 Å². The molecule has 1 saturated heterocycles. The molecule has 0 aromatic carbocycles. The standard InChI is InChI=1S/C9H15N3/c1-2-8(3-5-10-4-1)9-11-6-7-12-9/h6-8,10H,1-5H2,(H,11,12). The normalized spacial score (nSPS) is 25.2. The molecule has 1 fully saturated rings. The Morgan fingerprint density at radius 1 is 1.33 bits per heavy atom. The third-order valence-electron chi connectivity index (χ3n) is 2.48. The number of nitrogens with zero attached hydrogens (tertiary/aromatic N) is 1. The molecular formula is C9H15N3. The zero-order valence-corrected chi connectivity index (χ0v) is 7.21. The average molecular weight is 165 g/mol. The molecule has 12 heavy (non-hydrogen) atoms. The van der Waals surface area contributed by atoms with Gasteiger partial charge in [-0.1, -0.05) is 0 Å². The first-order valence-corrected chi connectivity index (χ1v) is 4.67. The van der Waals surface area contributed by atoms with E-state index in [9.17, 15) is 0 Å². The van der Waals surface area contributed by atoms with Gasteiger partial charge in [0.1, 0.15) is 5.82 Å². The van der Waals surface area contributed by atoms with Gasteiger partial charge in [0.05, 0.1) is 0 Å². The second-order valence-electron chi connectivity index (χ2n) is 3.35. The Labute approximate surface area is 72.6 Å². The minimum atomic E-state index is 0.648. The average Bonchev–Trinajstić information content (AvgIpc) is 2.48. The summed E-state index contributed by atoms with van der Waals surface area (Å²) in [5.41, 5.74) is 0. The lowest BCUT2D eigenvalue weighted by molar-refractivity contribution is 0.581. The lowest BCUT2D eigenvalue weighted by Crippen LogP contribution is -2.13. The first-order valence-electron chi connectivity index (χ1n) is 4.67. The van der Waals surface area contributed by atoms with E-state index in [4.69, 9.17) is 0 Å². The molecule has 1 unspecified atom stereocenters. The number of imidazole rings is 1. The van der Waals surface area contributed by atoms with Crippen LogP contribution in [0.2, 0.25) is 0 Å². The second kappa shape index (κ2) is 3.72. The minimum absolute atomic E-state index is 0.648. The Morgan fingerprint density at radius 2 is 2.33 bits per heavy atom. The third kappa shape index (κ3) is 1.67. The van der Waals surface area contributed by atoms with E-state index in [2.05, 4.69) is 15.3 Å². The van der Waals surface area contributed by atoms with Crippen molar-refractivity contribution in [1.82, 2.24) is 15.3 Å². The predicted molar refractivity (Wildman–Crippen MR) is 48.0 cm³/mol. The molecule has 3 nitrogen and oxygen atoms in total. The summed E-state index contributed by atoms with van der Waals surface area (Å²) in [6.07, 6.45) is 7.50. The molecule has 0 spiro atoms. The topological polar surface area (TPSA) is 40.7 Å². The van der Waals surface area contributed by atoms with E-state index in [1.54, 1.807) is 0 Å². The fourth-order valence-corrected chi connectivity index (χ4v) is 1.79. The number of nitrogens with one attached hydrogen (secondary N) is 2. The summed E-state index contributed by atoms with van der Waals surface area (Å²) in [5.74, 6) is 1.81. The number of aromatic amines is 1. The van der Waals surface area contributed by atoms with Gasteiger partial charge in [0.25, 0.3) is 0 Å². The van der Waals surface area contributed by atoms with Crippen LogP contribution in [0.4, 0.5) is 0 Å². The van der Waals surface area contributed by atoms with Gasteiger partial charge >= 0.3 is 0 Å². The van der Waals surface area contributed by atoms with Crippen LogP contribution < -0.4 is 5.32 Å². The van der Waals surface area contributed by atoms with Gasteiger partial charge in [-0.05, 0) is 32.4 Å². The van der Waals surface area contributed by atoms with Crippen LogP contribution in [-0.2, 0) is 0 Å². The summed E-state index contributed by atoms with van der Waals surface area (Å²) in [4.78, 5) is 7.49. The molecule has 2 rings (SSSR count). The molecule has 1 aromatic rings. The van der Waals surface area contributed by atoms with E-state index in [1.807, 2.05) is 12.4 Å². The molecule has 0 amide bonds. The van der Waals surface area contributed by atoms with Crippen LogP contribution in [0.1, 0.15) is 31.0 Å². The van der Waals surface area contributed by atoms with Crippen LogP contribution >= 0.6 is 0 Å². The van der Waals surface area contributed by atoms with Crippen LogP contribution in [0.15, 0.2) is 12.4 Å². The van der Waals surface area contributed by atoms with Crippen LogP contribution in [-0.4, -0.2) is 23.1 Å². The molecule has 1 aromatic heterocycles. The fraction of sp³-hybridized carbons (Fsp3) is 0.667. The Bertz CT molecular complexity index is 210. The van der Waals surface area contributed by atoms with Crippen LogP contribution in [0.5, 0.6) is 0 Å². The van der Waals surface area contributed by atoms with Crippen LogP contribution in [0, 0.1) is 0 Å². The molecule has 0 aliphatic carbocycles. The molecule has 1 atom stereocenters. The monoisotopic (exact) mass is 165 g/mol. The molecular weight excluding hydrogens is 150 g/mol. The molecule has 0 radical (unpaired) electrons. The van der Waals surface area contributed by atoms with Crippen molar-refractivity contribution < 1.29 is 0 Å². The molecule has 2 heterocycles. The van der Waals surface area contributed by atoms with Gasteiger partial charge in [-0.15, -0.1) is 0 Å². The Hall–Kier alpha value is -0.830. The largest absolute Gasteiger partial charge is 0.348 e. The summed E-state index contributed by atoms with van der Waals surface area (Å²) >= 11 is 0. The van der Waals surface area contributed by atoms with Crippen molar-refractivity contribution in [2.75, 3.05) is 13.1 Å². The lowest BCUT2D eigenvalue weighted by atomic mass is 10.0. The highest BCUT2D eigenvalue weighted by molar-refractivity contribution is 4.97. The van der Waals surface area contributed by atoms with Crippen LogP contribution in [0.25, 0.3) is 0 Å². The van der Waals surface area contributed by atoms with Gasteiger partial charge in [-0.25, -0.2) is 4.98 Å². The van der Waals surface area contributed by atoms with Crippen molar-refractivity contribution >= 4 is 0 Å². The summed E-state index contributed by atoms with van der Waals surface area (Å²) in [5, 5.41) is 3.40. The second-order valence-corrected chi connectivity index (χ2v) is 3.35. The summed E-state index contributed by atoms with van der Waals surface area (Å²) in [7, 11) is 0. The summed E-state index contributed by atoms with van der Waals surface area (Å²) < 4.78 is 0. The Kier molecular flexibility index (Phi) is 2.42. The Balaban J connectivity index is 2.02. The molecule has 2 N–H and O–H groups in total. The lowest BCUT2D eigenvalue weighted by Gasteiger charge is -2.09. The smallest absolute Gasteiger partial charge is 0.109 e. The SMILES string of the molecule is c1c[nH]c(C2CCCNCC2)n1. The van der Waals surface area contributed by atoms with Crippen LogP contribution in [0.3, 0.4) is 0 Å². The summed E-state index contributed by atoms with van der Waals surface area (Å²) in [6, 6.07) is 0. The van der Waals surface area contributed by atoms with Gasteiger partial charge in [0, 0.05) is 18.3 Å². The predicted octanol–water partition coefficient (Wildman–Crippen LogP) is 1.27. The van der Waals surface area contributed by atoms with Gasteiger partial charge < -0.3 is 10.3 Å². The van der Waals surface area contributed by atoms with Crippen molar-refractivity contribution in [3.05, 3.63) is 18.2 Å². The van der Waals surface area contributed by atoms with Crippen molar-refractivity contribution in [1.29, 1.82) is 0 Å². The number of hydrogen-bond donors (Lipinski definition) is 2. The molecule has 66 valence electrons. The molecule has 1 aliphatic rings. The van der Waals surface area contributed by atoms with E-state index in [-0.39, 0.29) is 0 Å². The molecule has 1 aliphatic heterocycles. The van der Waals surface area contributed by atoms with Crippen molar-refractivity contribution in [2.24, 2.45) is 0 Å². The van der Waals surface area contributed by atoms with Crippen molar-refractivity contribution in [3.8, 4) is 0 Å². The minimum Gasteiger partial charge on any atom is -0.348 e. The van der Waals surface area contributed by atoms with Crippen molar-refractivity contribution in [3.63, 3.8) is 0 Å². The van der Waals surface area contributed by atoms with E-state index in [0.29, 0.717) is 5.92 Å². The Morgan fingerprint density at radius 3 is 3.17 bits per heavy atom. The van der Waals surface area contributed by atoms with E-state index < -0.39 is 0 Å². The maximum atomic E-state index is 4.30. The number of hydrogen-bond acceptors (Lipinski definition) is 2. The number of aromatic nitrogens is 2. The number of rotatable bonds is 1. The molecule has 0 saturated carbocycles. The first-order chi connectivity index (χ1) is 5.97. The highest BCUT2D eigenvalue weighted by atomic mass is 14.9.